The molecule has 0 aromatic heterocycles. The van der Waals surface area contributed by atoms with Crippen LogP contribution in [0.3, 0.4) is 0 Å². The quantitative estimate of drug-likeness (QED) is 0.723. The summed E-state index contributed by atoms with van der Waals surface area (Å²) in [6.45, 7) is 1.20. The summed E-state index contributed by atoms with van der Waals surface area (Å²) in [6.07, 6.45) is 2.63. The number of nitrogens with one attached hydrogen (secondary N) is 1. The van der Waals surface area contributed by atoms with Gasteiger partial charge < -0.3 is 5.32 Å². The van der Waals surface area contributed by atoms with Crippen LogP contribution in [-0.4, -0.2) is 6.54 Å². The first-order chi connectivity index (χ1) is 6.28. The predicted octanol–water partition coefficient (Wildman–Crippen LogP) is 2.55. The Labute approximate surface area is 83.1 Å². The molecule has 2 aliphatic heterocycles. The second-order valence-electron chi connectivity index (χ2n) is 4.24. The number of fused-ring (bicyclic) bond motifs is 1. The zero-order valence-electron chi connectivity index (χ0n) is 7.39. The molecule has 0 radical (unpaired) electrons. The van der Waals surface area contributed by atoms with Crippen LogP contribution < -0.4 is 5.32 Å². The smallest absolute Gasteiger partial charge is 0.0441 e. The molecule has 3 fully saturated rings. The first-order valence-corrected chi connectivity index (χ1v) is 5.17. The van der Waals surface area contributed by atoms with E-state index in [-0.39, 0.29) is 0 Å². The van der Waals surface area contributed by atoms with E-state index in [2.05, 4.69) is 17.4 Å². The maximum Gasteiger partial charge on any atom is 0.0441 e. The molecule has 0 unspecified atom stereocenters. The van der Waals surface area contributed by atoms with E-state index in [0.717, 1.165) is 10.9 Å². The molecule has 68 valence electrons. The summed E-state index contributed by atoms with van der Waals surface area (Å²) in [6, 6.07) is 8.27. The number of hydrogen-bond donors (Lipinski definition) is 1. The summed E-state index contributed by atoms with van der Waals surface area (Å²) in [5, 5.41) is 4.43. The van der Waals surface area contributed by atoms with Gasteiger partial charge in [0.2, 0.25) is 0 Å². The van der Waals surface area contributed by atoms with Gasteiger partial charge in [0, 0.05) is 10.6 Å². The first-order valence-electron chi connectivity index (χ1n) is 4.80. The van der Waals surface area contributed by atoms with Crippen LogP contribution in [0.4, 0.5) is 0 Å². The Hall–Kier alpha value is -0.530. The van der Waals surface area contributed by atoms with Gasteiger partial charge in [0.05, 0.1) is 0 Å². The van der Waals surface area contributed by atoms with Crippen molar-refractivity contribution in [2.45, 2.75) is 18.4 Å². The van der Waals surface area contributed by atoms with Crippen LogP contribution >= 0.6 is 11.6 Å². The van der Waals surface area contributed by atoms with Gasteiger partial charge in [-0.05, 0) is 43.0 Å². The molecule has 13 heavy (non-hydrogen) atoms. The van der Waals surface area contributed by atoms with Crippen molar-refractivity contribution in [1.29, 1.82) is 0 Å². The van der Waals surface area contributed by atoms with Crippen LogP contribution in [0.1, 0.15) is 18.4 Å². The highest BCUT2D eigenvalue weighted by molar-refractivity contribution is 6.30. The normalized spacial score (nSPS) is 35.9. The van der Waals surface area contributed by atoms with Gasteiger partial charge in [-0.15, -0.1) is 0 Å². The van der Waals surface area contributed by atoms with Crippen molar-refractivity contribution in [1.82, 2.24) is 5.32 Å². The number of benzene rings is 1. The Morgan fingerprint density at radius 3 is 2.46 bits per heavy atom. The van der Waals surface area contributed by atoms with Crippen molar-refractivity contribution < 1.29 is 0 Å². The molecule has 0 atom stereocenters. The van der Waals surface area contributed by atoms with Crippen molar-refractivity contribution in [2.24, 2.45) is 5.92 Å². The third-order valence-corrected chi connectivity index (χ3v) is 3.65. The summed E-state index contributed by atoms with van der Waals surface area (Å²) < 4.78 is 0. The van der Waals surface area contributed by atoms with E-state index in [9.17, 15) is 0 Å². The highest BCUT2D eigenvalue weighted by atomic mass is 35.5. The third kappa shape index (κ3) is 1.04. The maximum atomic E-state index is 5.86. The van der Waals surface area contributed by atoms with Crippen molar-refractivity contribution in [3.63, 3.8) is 0 Å². The molecule has 2 heteroatoms. The van der Waals surface area contributed by atoms with Crippen LogP contribution in [-0.2, 0) is 5.54 Å². The zero-order valence-corrected chi connectivity index (χ0v) is 8.14. The summed E-state index contributed by atoms with van der Waals surface area (Å²) in [5.41, 5.74) is 1.72. The Bertz CT molecular complexity index is 319. The van der Waals surface area contributed by atoms with E-state index >= 15 is 0 Å². The molecule has 1 aliphatic carbocycles. The Kier molecular flexibility index (Phi) is 1.50. The Morgan fingerprint density at radius 2 is 1.92 bits per heavy atom. The lowest BCUT2D eigenvalue weighted by molar-refractivity contribution is 0.229. The molecule has 3 aliphatic rings. The molecule has 1 N–H and O–H groups in total. The molecule has 1 aromatic rings. The third-order valence-electron chi connectivity index (χ3n) is 3.40. The van der Waals surface area contributed by atoms with Gasteiger partial charge in [-0.25, -0.2) is 0 Å². The number of halogens is 1. The van der Waals surface area contributed by atoms with Crippen LogP contribution in [0.2, 0.25) is 5.02 Å². The molecule has 2 saturated heterocycles. The number of rotatable bonds is 1. The second kappa shape index (κ2) is 2.49. The average Bonchev–Trinajstić information content (AvgIpc) is 2.63. The van der Waals surface area contributed by atoms with Gasteiger partial charge >= 0.3 is 0 Å². The van der Waals surface area contributed by atoms with E-state index in [1.165, 1.54) is 24.9 Å². The van der Waals surface area contributed by atoms with E-state index in [1.807, 2.05) is 12.1 Å². The van der Waals surface area contributed by atoms with Gasteiger partial charge in [-0.2, -0.15) is 0 Å². The second-order valence-corrected chi connectivity index (χ2v) is 4.68. The van der Waals surface area contributed by atoms with Gasteiger partial charge in [0.15, 0.2) is 0 Å². The summed E-state index contributed by atoms with van der Waals surface area (Å²) >= 11 is 5.86. The zero-order chi connectivity index (χ0) is 8.89. The van der Waals surface area contributed by atoms with Crippen molar-refractivity contribution in [2.75, 3.05) is 6.54 Å². The minimum Gasteiger partial charge on any atom is -0.307 e. The van der Waals surface area contributed by atoms with Crippen molar-refractivity contribution in [3.05, 3.63) is 34.9 Å². The van der Waals surface area contributed by atoms with Gasteiger partial charge in [0.1, 0.15) is 0 Å². The van der Waals surface area contributed by atoms with E-state index in [1.54, 1.807) is 0 Å². The summed E-state index contributed by atoms with van der Waals surface area (Å²) in [4.78, 5) is 0. The van der Waals surface area contributed by atoms with Crippen LogP contribution in [0, 0.1) is 5.92 Å². The molecule has 1 nitrogen and oxygen atoms in total. The lowest BCUT2D eigenvalue weighted by Gasteiger charge is -2.38. The molecule has 1 aromatic carbocycles. The summed E-state index contributed by atoms with van der Waals surface area (Å²) in [7, 11) is 0. The molecule has 4 rings (SSSR count). The van der Waals surface area contributed by atoms with Crippen LogP contribution in [0.5, 0.6) is 0 Å². The van der Waals surface area contributed by atoms with Gasteiger partial charge in [-0.3, -0.25) is 0 Å². The highest BCUT2D eigenvalue weighted by Gasteiger charge is 2.50. The SMILES string of the molecule is Clc1ccc(C23CC(CN2)C3)cc1. The lowest BCUT2D eigenvalue weighted by Crippen LogP contribution is -2.39. The molecular weight excluding hydrogens is 182 g/mol. The van der Waals surface area contributed by atoms with Crippen LogP contribution in [0.15, 0.2) is 24.3 Å². The molecule has 2 bridgehead atoms. The minimum atomic E-state index is 0.315. The maximum absolute atomic E-state index is 5.86. The molecule has 2 heterocycles. The van der Waals surface area contributed by atoms with Crippen molar-refractivity contribution in [3.8, 4) is 0 Å². The number of hydrogen-bond acceptors (Lipinski definition) is 1. The van der Waals surface area contributed by atoms with Gasteiger partial charge in [0.25, 0.3) is 0 Å². The fraction of sp³-hybridized carbons (Fsp3) is 0.455. The summed E-state index contributed by atoms with van der Waals surface area (Å²) in [5.74, 6) is 0.927. The molecule has 0 spiro atoms. The van der Waals surface area contributed by atoms with E-state index < -0.39 is 0 Å². The Balaban J connectivity index is 1.96. The van der Waals surface area contributed by atoms with E-state index in [0.29, 0.717) is 5.54 Å². The standard InChI is InChI=1S/C11H12ClN/c12-10-3-1-9(2-4-10)11-5-8(6-11)7-13-11/h1-4,8,13H,5-7H2. The lowest BCUT2D eigenvalue weighted by atomic mass is 9.70. The monoisotopic (exact) mass is 193 g/mol. The van der Waals surface area contributed by atoms with Crippen LogP contribution in [0.25, 0.3) is 0 Å². The fourth-order valence-corrected chi connectivity index (χ4v) is 2.79. The predicted molar refractivity (Wildman–Crippen MR) is 53.9 cm³/mol. The minimum absolute atomic E-state index is 0.315. The van der Waals surface area contributed by atoms with Gasteiger partial charge in [-0.1, -0.05) is 23.7 Å². The highest BCUT2D eigenvalue weighted by Crippen LogP contribution is 2.50. The molecule has 1 saturated carbocycles. The van der Waals surface area contributed by atoms with E-state index in [4.69, 9.17) is 11.6 Å². The Morgan fingerprint density at radius 1 is 1.23 bits per heavy atom. The fourth-order valence-electron chi connectivity index (χ4n) is 2.66. The topological polar surface area (TPSA) is 12.0 Å². The largest absolute Gasteiger partial charge is 0.307 e. The molecule has 0 amide bonds. The molecular formula is C11H12ClN. The van der Waals surface area contributed by atoms with Crippen molar-refractivity contribution >= 4 is 11.6 Å². The average molecular weight is 194 g/mol. The first kappa shape index (κ1) is 7.84.